The molecule has 6 nitrogen and oxygen atoms in total. The number of aromatic nitrogens is 1. The van der Waals surface area contributed by atoms with Crippen LogP contribution in [0.25, 0.3) is 10.9 Å². The fourth-order valence-electron chi connectivity index (χ4n) is 3.44. The largest absolute Gasteiger partial charge is 0.490 e. The van der Waals surface area contributed by atoms with Crippen molar-refractivity contribution < 1.29 is 9.47 Å². The zero-order valence-corrected chi connectivity index (χ0v) is 19.1. The van der Waals surface area contributed by atoms with E-state index in [-0.39, 0.29) is 24.0 Å². The highest BCUT2D eigenvalue weighted by Crippen LogP contribution is 2.32. The van der Waals surface area contributed by atoms with Crippen LogP contribution >= 0.6 is 24.0 Å². The minimum absolute atomic E-state index is 0. The summed E-state index contributed by atoms with van der Waals surface area (Å²) in [5.74, 6) is 2.29. The summed E-state index contributed by atoms with van der Waals surface area (Å²) in [6.07, 6.45) is 3.90. The molecule has 2 heterocycles. The van der Waals surface area contributed by atoms with Gasteiger partial charge in [-0.15, -0.1) is 24.0 Å². The maximum absolute atomic E-state index is 5.76. The third-order valence-corrected chi connectivity index (χ3v) is 4.93. The van der Waals surface area contributed by atoms with Crippen molar-refractivity contribution in [1.29, 1.82) is 0 Å². The zero-order chi connectivity index (χ0) is 19.3. The van der Waals surface area contributed by atoms with E-state index in [1.165, 1.54) is 22.0 Å². The molecule has 1 aliphatic rings. The van der Waals surface area contributed by atoms with E-state index < -0.39 is 0 Å². The Hall–Kier alpha value is -2.42. The fourth-order valence-corrected chi connectivity index (χ4v) is 3.44. The molecule has 0 amide bonds. The molecule has 0 atom stereocenters. The Morgan fingerprint density at radius 1 is 1.14 bits per heavy atom. The van der Waals surface area contributed by atoms with E-state index in [0.717, 1.165) is 42.5 Å². The molecule has 7 heteroatoms. The van der Waals surface area contributed by atoms with Crippen LogP contribution < -0.4 is 20.1 Å². The van der Waals surface area contributed by atoms with Crippen LogP contribution in [0.4, 0.5) is 5.69 Å². The van der Waals surface area contributed by atoms with Crippen LogP contribution in [-0.4, -0.2) is 37.7 Å². The number of benzene rings is 2. The standard InChI is InChI=1S/C22H26N4O2.HI/c1-15-5-3-6-18-16(14-25-21(15)18)9-10-24-22(23-2)26-17-7-8-19-20(13-17)28-12-4-11-27-19;/h3,5-8,13-14,25H,4,9-12H2,1-2H3,(H2,23,24,26);1H. The summed E-state index contributed by atoms with van der Waals surface area (Å²) in [5.41, 5.74) is 4.70. The van der Waals surface area contributed by atoms with Gasteiger partial charge in [0.1, 0.15) is 0 Å². The molecule has 0 fully saturated rings. The molecule has 29 heavy (non-hydrogen) atoms. The molecule has 4 rings (SSSR count). The normalized spacial score (nSPS) is 13.5. The van der Waals surface area contributed by atoms with Crippen molar-refractivity contribution >= 4 is 46.5 Å². The van der Waals surface area contributed by atoms with E-state index in [4.69, 9.17) is 9.47 Å². The summed E-state index contributed by atoms with van der Waals surface area (Å²) >= 11 is 0. The Labute approximate surface area is 188 Å². The van der Waals surface area contributed by atoms with Crippen molar-refractivity contribution in [1.82, 2.24) is 10.3 Å². The minimum atomic E-state index is 0. The first kappa shape index (κ1) is 21.3. The van der Waals surface area contributed by atoms with Crippen LogP contribution in [0, 0.1) is 6.92 Å². The van der Waals surface area contributed by atoms with Gasteiger partial charge in [0, 0.05) is 48.9 Å². The Morgan fingerprint density at radius 2 is 1.97 bits per heavy atom. The van der Waals surface area contributed by atoms with Crippen LogP contribution in [0.1, 0.15) is 17.5 Å². The van der Waals surface area contributed by atoms with Crippen LogP contribution in [-0.2, 0) is 6.42 Å². The average Bonchev–Trinajstić information content (AvgIpc) is 2.98. The van der Waals surface area contributed by atoms with Crippen LogP contribution in [0.2, 0.25) is 0 Å². The smallest absolute Gasteiger partial charge is 0.195 e. The number of fused-ring (bicyclic) bond motifs is 2. The number of anilines is 1. The molecule has 3 aromatic rings. The topological polar surface area (TPSA) is 70.7 Å². The van der Waals surface area contributed by atoms with E-state index >= 15 is 0 Å². The van der Waals surface area contributed by atoms with Crippen molar-refractivity contribution in [3.8, 4) is 11.5 Å². The minimum Gasteiger partial charge on any atom is -0.490 e. The molecule has 0 saturated carbocycles. The van der Waals surface area contributed by atoms with Crippen LogP contribution in [0.3, 0.4) is 0 Å². The first-order valence-corrected chi connectivity index (χ1v) is 9.67. The molecule has 0 spiro atoms. The summed E-state index contributed by atoms with van der Waals surface area (Å²) < 4.78 is 11.4. The van der Waals surface area contributed by atoms with E-state index in [1.807, 2.05) is 18.2 Å². The fraction of sp³-hybridized carbons (Fsp3) is 0.318. The summed E-state index contributed by atoms with van der Waals surface area (Å²) in [7, 11) is 1.77. The molecular weight excluding hydrogens is 479 g/mol. The SMILES string of the molecule is CN=C(NCCc1c[nH]c2c(C)cccc12)Nc1ccc2c(c1)OCCCO2.I. The highest BCUT2D eigenvalue weighted by atomic mass is 127. The molecule has 0 radical (unpaired) electrons. The number of nitrogens with one attached hydrogen (secondary N) is 3. The van der Waals surface area contributed by atoms with Gasteiger partial charge in [0.05, 0.1) is 13.2 Å². The van der Waals surface area contributed by atoms with Crippen molar-refractivity contribution in [3.05, 3.63) is 53.7 Å². The second-order valence-electron chi connectivity index (χ2n) is 6.90. The number of guanidine groups is 1. The van der Waals surface area contributed by atoms with E-state index in [1.54, 1.807) is 7.05 Å². The lowest BCUT2D eigenvalue weighted by Gasteiger charge is -2.14. The van der Waals surface area contributed by atoms with Gasteiger partial charge in [0.25, 0.3) is 0 Å². The van der Waals surface area contributed by atoms with E-state index in [0.29, 0.717) is 13.2 Å². The molecule has 0 bridgehead atoms. The maximum atomic E-state index is 5.76. The summed E-state index contributed by atoms with van der Waals surface area (Å²) in [6.45, 7) is 4.27. The van der Waals surface area contributed by atoms with Crippen LogP contribution in [0.15, 0.2) is 47.6 Å². The first-order valence-electron chi connectivity index (χ1n) is 9.67. The van der Waals surface area contributed by atoms with Crippen molar-refractivity contribution in [2.45, 2.75) is 19.8 Å². The molecule has 2 aromatic carbocycles. The molecule has 1 aliphatic heterocycles. The second-order valence-corrected chi connectivity index (χ2v) is 6.90. The van der Waals surface area contributed by atoms with Gasteiger partial charge in [-0.2, -0.15) is 0 Å². The highest BCUT2D eigenvalue weighted by Gasteiger charge is 2.11. The number of aromatic amines is 1. The predicted octanol–water partition coefficient (Wildman–Crippen LogP) is 4.49. The van der Waals surface area contributed by atoms with Gasteiger partial charge in [-0.05, 0) is 36.6 Å². The summed E-state index contributed by atoms with van der Waals surface area (Å²) in [4.78, 5) is 7.71. The molecule has 0 aliphatic carbocycles. The Morgan fingerprint density at radius 3 is 2.79 bits per heavy atom. The Balaban J connectivity index is 0.00000240. The number of aryl methyl sites for hydroxylation is 1. The number of nitrogens with zero attached hydrogens (tertiary/aromatic N) is 1. The van der Waals surface area contributed by atoms with Gasteiger partial charge < -0.3 is 25.1 Å². The molecule has 154 valence electrons. The number of H-pyrrole nitrogens is 1. The lowest BCUT2D eigenvalue weighted by atomic mass is 10.1. The highest BCUT2D eigenvalue weighted by molar-refractivity contribution is 14.0. The quantitative estimate of drug-likeness (QED) is 0.277. The van der Waals surface area contributed by atoms with Crippen molar-refractivity contribution in [3.63, 3.8) is 0 Å². The number of rotatable bonds is 4. The molecule has 0 unspecified atom stereocenters. The number of hydrogen-bond acceptors (Lipinski definition) is 3. The van der Waals surface area contributed by atoms with E-state index in [2.05, 4.69) is 51.9 Å². The number of para-hydroxylation sites is 1. The predicted molar refractivity (Wildman–Crippen MR) is 129 cm³/mol. The monoisotopic (exact) mass is 506 g/mol. The average molecular weight is 506 g/mol. The van der Waals surface area contributed by atoms with Gasteiger partial charge in [0.2, 0.25) is 0 Å². The second kappa shape index (κ2) is 9.87. The lowest BCUT2D eigenvalue weighted by molar-refractivity contribution is 0.297. The number of ether oxygens (including phenoxy) is 2. The van der Waals surface area contributed by atoms with Gasteiger partial charge in [0.15, 0.2) is 17.5 Å². The van der Waals surface area contributed by atoms with Crippen molar-refractivity contribution in [2.75, 3.05) is 32.1 Å². The number of hydrogen-bond donors (Lipinski definition) is 3. The molecular formula is C22H27IN4O2. The van der Waals surface area contributed by atoms with Gasteiger partial charge in [-0.25, -0.2) is 0 Å². The molecule has 0 saturated heterocycles. The summed E-state index contributed by atoms with van der Waals surface area (Å²) in [6, 6.07) is 12.3. The number of aliphatic imine (C=N–C) groups is 1. The summed E-state index contributed by atoms with van der Waals surface area (Å²) in [5, 5.41) is 7.99. The molecule has 3 N–H and O–H groups in total. The van der Waals surface area contributed by atoms with E-state index in [9.17, 15) is 0 Å². The third-order valence-electron chi connectivity index (χ3n) is 4.93. The first-order chi connectivity index (χ1) is 13.7. The number of halogens is 1. The molecule has 1 aromatic heterocycles. The van der Waals surface area contributed by atoms with Crippen LogP contribution in [0.5, 0.6) is 11.5 Å². The van der Waals surface area contributed by atoms with Gasteiger partial charge in [-0.3, -0.25) is 4.99 Å². The Kier molecular flexibility index (Phi) is 7.24. The van der Waals surface area contributed by atoms with Gasteiger partial charge >= 0.3 is 0 Å². The van der Waals surface area contributed by atoms with Gasteiger partial charge in [-0.1, -0.05) is 18.2 Å². The lowest BCUT2D eigenvalue weighted by Crippen LogP contribution is -2.32. The third kappa shape index (κ3) is 4.95. The van der Waals surface area contributed by atoms with Crippen molar-refractivity contribution in [2.24, 2.45) is 4.99 Å². The zero-order valence-electron chi connectivity index (χ0n) is 16.7. The Bertz CT molecular complexity index is 1000. The maximum Gasteiger partial charge on any atom is 0.195 e.